The summed E-state index contributed by atoms with van der Waals surface area (Å²) in [4.78, 5) is 11.2. The lowest BCUT2D eigenvalue weighted by molar-refractivity contribution is -0.142. The average Bonchev–Trinajstić information content (AvgIpc) is 2.30. The second-order valence-electron chi connectivity index (χ2n) is 4.33. The zero-order valence-electron chi connectivity index (χ0n) is 9.35. The molecule has 1 fully saturated rings. The maximum Gasteiger partial charge on any atom is 0.307 e. The van der Waals surface area contributed by atoms with Gasteiger partial charge in [0.25, 0.3) is 0 Å². The van der Waals surface area contributed by atoms with Crippen molar-refractivity contribution in [3.8, 4) is 0 Å². The van der Waals surface area contributed by atoms with Crippen molar-refractivity contribution < 1.29 is 9.90 Å². The third-order valence-corrected chi connectivity index (χ3v) is 4.30. The Labute approximate surface area is 100 Å². The van der Waals surface area contributed by atoms with E-state index in [0.717, 1.165) is 17.9 Å². The first-order chi connectivity index (χ1) is 7.68. The fourth-order valence-corrected chi connectivity index (χ4v) is 3.44. The van der Waals surface area contributed by atoms with Crippen LogP contribution in [0.5, 0.6) is 0 Å². The maximum atomic E-state index is 11.2. The molecule has 1 heterocycles. The SMILES string of the molecule is Cc1ccc(C2CSCCC2C(=O)O)cc1. The number of thioether (sulfide) groups is 1. The summed E-state index contributed by atoms with van der Waals surface area (Å²) >= 11 is 1.86. The molecule has 2 unspecified atom stereocenters. The van der Waals surface area contributed by atoms with E-state index >= 15 is 0 Å². The highest BCUT2D eigenvalue weighted by Crippen LogP contribution is 2.36. The molecule has 0 spiro atoms. The number of carboxylic acids is 1. The standard InChI is InChI=1S/C13H16O2S/c1-9-2-4-10(5-3-9)12-8-16-7-6-11(12)13(14)15/h2-5,11-12H,6-8H2,1H3,(H,14,15). The molecule has 0 saturated carbocycles. The normalized spacial score (nSPS) is 25.3. The van der Waals surface area contributed by atoms with Crippen LogP contribution in [0.4, 0.5) is 0 Å². The third kappa shape index (κ3) is 2.40. The van der Waals surface area contributed by atoms with Gasteiger partial charge in [0.15, 0.2) is 0 Å². The topological polar surface area (TPSA) is 37.3 Å². The van der Waals surface area contributed by atoms with E-state index in [1.165, 1.54) is 11.1 Å². The molecule has 1 saturated heterocycles. The van der Waals surface area contributed by atoms with E-state index in [1.807, 2.05) is 18.7 Å². The first kappa shape index (κ1) is 11.5. The van der Waals surface area contributed by atoms with Gasteiger partial charge in [-0.1, -0.05) is 29.8 Å². The van der Waals surface area contributed by atoms with Gasteiger partial charge in [0.1, 0.15) is 0 Å². The van der Waals surface area contributed by atoms with Crippen LogP contribution in [0.1, 0.15) is 23.5 Å². The van der Waals surface area contributed by atoms with E-state index in [-0.39, 0.29) is 11.8 Å². The van der Waals surface area contributed by atoms with E-state index in [2.05, 4.69) is 24.3 Å². The molecule has 0 aliphatic carbocycles. The van der Waals surface area contributed by atoms with Crippen LogP contribution in [-0.4, -0.2) is 22.6 Å². The van der Waals surface area contributed by atoms with Gasteiger partial charge in [-0.25, -0.2) is 0 Å². The lowest BCUT2D eigenvalue weighted by atomic mass is 9.85. The van der Waals surface area contributed by atoms with Crippen molar-refractivity contribution in [3.63, 3.8) is 0 Å². The van der Waals surface area contributed by atoms with Crippen molar-refractivity contribution in [1.29, 1.82) is 0 Å². The van der Waals surface area contributed by atoms with E-state index in [9.17, 15) is 9.90 Å². The van der Waals surface area contributed by atoms with Crippen LogP contribution in [0.2, 0.25) is 0 Å². The van der Waals surface area contributed by atoms with Crippen LogP contribution in [0.15, 0.2) is 24.3 Å². The lowest BCUT2D eigenvalue weighted by Crippen LogP contribution is -2.27. The van der Waals surface area contributed by atoms with Crippen molar-refractivity contribution in [2.24, 2.45) is 5.92 Å². The number of aliphatic carboxylic acids is 1. The fraction of sp³-hybridized carbons (Fsp3) is 0.462. The molecule has 86 valence electrons. The molecule has 1 N–H and O–H groups in total. The summed E-state index contributed by atoms with van der Waals surface area (Å²) in [7, 11) is 0. The number of hydrogen-bond acceptors (Lipinski definition) is 2. The van der Waals surface area contributed by atoms with Crippen molar-refractivity contribution in [1.82, 2.24) is 0 Å². The molecule has 0 amide bonds. The molecular weight excluding hydrogens is 220 g/mol. The van der Waals surface area contributed by atoms with Crippen molar-refractivity contribution >= 4 is 17.7 Å². The molecule has 1 aromatic rings. The summed E-state index contributed by atoms with van der Waals surface area (Å²) in [6.07, 6.45) is 0.790. The Hall–Kier alpha value is -0.960. The van der Waals surface area contributed by atoms with Crippen LogP contribution in [0.3, 0.4) is 0 Å². The Bertz CT molecular complexity index is 372. The van der Waals surface area contributed by atoms with Gasteiger partial charge >= 0.3 is 5.97 Å². The summed E-state index contributed by atoms with van der Waals surface area (Å²) in [5.41, 5.74) is 2.39. The average molecular weight is 236 g/mol. The molecule has 2 nitrogen and oxygen atoms in total. The van der Waals surface area contributed by atoms with Crippen molar-refractivity contribution in [2.45, 2.75) is 19.3 Å². The Morgan fingerprint density at radius 2 is 2.06 bits per heavy atom. The molecular formula is C13H16O2S. The molecule has 0 radical (unpaired) electrons. The van der Waals surface area contributed by atoms with Gasteiger partial charge in [0.05, 0.1) is 5.92 Å². The van der Waals surface area contributed by atoms with Crippen LogP contribution >= 0.6 is 11.8 Å². The van der Waals surface area contributed by atoms with Gasteiger partial charge in [-0.3, -0.25) is 4.79 Å². The zero-order chi connectivity index (χ0) is 11.5. The summed E-state index contributed by atoms with van der Waals surface area (Å²) in [5, 5.41) is 9.22. The molecule has 1 aliphatic rings. The maximum absolute atomic E-state index is 11.2. The van der Waals surface area contributed by atoms with Crippen molar-refractivity contribution in [3.05, 3.63) is 35.4 Å². The van der Waals surface area contributed by atoms with Gasteiger partial charge in [0, 0.05) is 11.7 Å². The largest absolute Gasteiger partial charge is 0.481 e. The molecule has 16 heavy (non-hydrogen) atoms. The Kier molecular flexibility index (Phi) is 3.54. The van der Waals surface area contributed by atoms with E-state index in [1.54, 1.807) is 0 Å². The van der Waals surface area contributed by atoms with Crippen LogP contribution in [-0.2, 0) is 4.79 Å². The molecule has 2 rings (SSSR count). The van der Waals surface area contributed by atoms with Crippen LogP contribution in [0.25, 0.3) is 0 Å². The van der Waals surface area contributed by atoms with E-state index in [4.69, 9.17) is 0 Å². The minimum atomic E-state index is -0.647. The van der Waals surface area contributed by atoms with Crippen molar-refractivity contribution in [2.75, 3.05) is 11.5 Å². The second kappa shape index (κ2) is 4.91. The van der Waals surface area contributed by atoms with E-state index in [0.29, 0.717) is 0 Å². The lowest BCUT2D eigenvalue weighted by Gasteiger charge is -2.28. The van der Waals surface area contributed by atoms with Gasteiger partial charge in [0.2, 0.25) is 0 Å². The number of aryl methyl sites for hydroxylation is 1. The van der Waals surface area contributed by atoms with Gasteiger partial charge < -0.3 is 5.11 Å². The quantitative estimate of drug-likeness (QED) is 0.858. The molecule has 3 heteroatoms. The molecule has 0 bridgehead atoms. The smallest absolute Gasteiger partial charge is 0.307 e. The Morgan fingerprint density at radius 3 is 2.69 bits per heavy atom. The summed E-state index contributed by atoms with van der Waals surface area (Å²) < 4.78 is 0. The highest BCUT2D eigenvalue weighted by atomic mass is 32.2. The van der Waals surface area contributed by atoms with E-state index < -0.39 is 5.97 Å². The fourth-order valence-electron chi connectivity index (χ4n) is 2.18. The Balaban J connectivity index is 2.23. The predicted octanol–water partition coefficient (Wildman–Crippen LogP) is 2.92. The summed E-state index contributed by atoms with van der Waals surface area (Å²) in [6.45, 7) is 2.05. The van der Waals surface area contributed by atoms with Crippen LogP contribution < -0.4 is 0 Å². The predicted molar refractivity (Wildman–Crippen MR) is 67.0 cm³/mol. The summed E-state index contributed by atoms with van der Waals surface area (Å²) in [5.74, 6) is 1.23. The first-order valence-electron chi connectivity index (χ1n) is 5.55. The number of rotatable bonds is 2. The minimum absolute atomic E-state index is 0.178. The second-order valence-corrected chi connectivity index (χ2v) is 5.48. The third-order valence-electron chi connectivity index (χ3n) is 3.18. The number of hydrogen-bond donors (Lipinski definition) is 1. The highest BCUT2D eigenvalue weighted by molar-refractivity contribution is 7.99. The minimum Gasteiger partial charge on any atom is -0.481 e. The number of carboxylic acid groups (broad SMARTS) is 1. The van der Waals surface area contributed by atoms with Gasteiger partial charge in [-0.2, -0.15) is 11.8 Å². The van der Waals surface area contributed by atoms with Crippen LogP contribution in [0, 0.1) is 12.8 Å². The number of benzene rings is 1. The zero-order valence-corrected chi connectivity index (χ0v) is 10.2. The first-order valence-corrected chi connectivity index (χ1v) is 6.71. The molecule has 1 aliphatic heterocycles. The molecule has 2 atom stereocenters. The highest BCUT2D eigenvalue weighted by Gasteiger charge is 2.31. The van der Waals surface area contributed by atoms with Gasteiger partial charge in [-0.05, 0) is 24.7 Å². The van der Waals surface area contributed by atoms with Gasteiger partial charge in [-0.15, -0.1) is 0 Å². The molecule has 0 aromatic heterocycles. The summed E-state index contributed by atoms with van der Waals surface area (Å²) in [6, 6.07) is 8.27. The monoisotopic (exact) mass is 236 g/mol. The Morgan fingerprint density at radius 1 is 1.38 bits per heavy atom. The molecule has 1 aromatic carbocycles. The number of carbonyl (C=O) groups is 1.